The maximum Gasteiger partial charge on any atom is 0.0904 e. The zero-order chi connectivity index (χ0) is 7.03. The van der Waals surface area contributed by atoms with Crippen molar-refractivity contribution in [1.29, 1.82) is 0 Å². The number of rotatable bonds is 1. The van der Waals surface area contributed by atoms with Crippen LogP contribution in [0.3, 0.4) is 0 Å². The Morgan fingerprint density at radius 1 is 1.50 bits per heavy atom. The van der Waals surface area contributed by atoms with Gasteiger partial charge < -0.3 is 5.11 Å². The molecule has 1 nitrogen and oxygen atoms in total. The van der Waals surface area contributed by atoms with Crippen LogP contribution >= 0.6 is 11.3 Å². The van der Waals surface area contributed by atoms with Gasteiger partial charge in [0.05, 0.1) is 5.60 Å². The van der Waals surface area contributed by atoms with Gasteiger partial charge in [0.25, 0.3) is 0 Å². The molecule has 1 aromatic heterocycles. The van der Waals surface area contributed by atoms with Gasteiger partial charge in [-0.3, -0.25) is 0 Å². The molecule has 0 aliphatic heterocycles. The second-order valence-electron chi connectivity index (χ2n) is 2.90. The molecule has 0 atom stereocenters. The Balaban J connectivity index is 2.27. The van der Waals surface area contributed by atoms with Crippen molar-refractivity contribution in [3.63, 3.8) is 0 Å². The van der Waals surface area contributed by atoms with Crippen molar-refractivity contribution >= 4 is 11.3 Å². The van der Waals surface area contributed by atoms with E-state index in [2.05, 4.69) is 0 Å². The predicted molar refractivity (Wildman–Crippen MR) is 42.1 cm³/mol. The van der Waals surface area contributed by atoms with Crippen molar-refractivity contribution in [3.05, 3.63) is 22.4 Å². The summed E-state index contributed by atoms with van der Waals surface area (Å²) in [4.78, 5) is 0. The molecule has 1 heterocycles. The Hall–Kier alpha value is -0.340. The first kappa shape index (κ1) is 6.38. The normalized spacial score (nSPS) is 22.1. The third kappa shape index (κ3) is 0.796. The Labute approximate surface area is 64.3 Å². The third-order valence-corrected chi connectivity index (χ3v) is 2.92. The van der Waals surface area contributed by atoms with Gasteiger partial charge in [0.15, 0.2) is 0 Å². The monoisotopic (exact) mass is 154 g/mol. The van der Waals surface area contributed by atoms with Crippen molar-refractivity contribution in [3.8, 4) is 0 Å². The molecule has 10 heavy (non-hydrogen) atoms. The van der Waals surface area contributed by atoms with E-state index in [0.29, 0.717) is 0 Å². The van der Waals surface area contributed by atoms with Crippen molar-refractivity contribution in [2.24, 2.45) is 0 Å². The van der Waals surface area contributed by atoms with E-state index in [1.165, 1.54) is 6.42 Å². The lowest BCUT2D eigenvalue weighted by molar-refractivity contribution is -0.0384. The molecule has 1 fully saturated rings. The third-order valence-electron chi connectivity index (χ3n) is 2.24. The zero-order valence-corrected chi connectivity index (χ0v) is 6.53. The van der Waals surface area contributed by atoms with Gasteiger partial charge in [0.1, 0.15) is 0 Å². The van der Waals surface area contributed by atoms with E-state index in [1.54, 1.807) is 11.3 Å². The van der Waals surface area contributed by atoms with Gasteiger partial charge in [-0.05, 0) is 41.7 Å². The van der Waals surface area contributed by atoms with Gasteiger partial charge in [-0.25, -0.2) is 0 Å². The highest BCUT2D eigenvalue weighted by molar-refractivity contribution is 7.08. The van der Waals surface area contributed by atoms with E-state index in [0.717, 1.165) is 18.4 Å². The second-order valence-corrected chi connectivity index (χ2v) is 3.68. The molecule has 2 rings (SSSR count). The fourth-order valence-electron chi connectivity index (χ4n) is 1.33. The average molecular weight is 154 g/mol. The highest BCUT2D eigenvalue weighted by Gasteiger charge is 2.36. The standard InChI is InChI=1S/C8H10OS/c9-8(3-1-4-8)7-2-5-10-6-7/h2,5-6,9H,1,3-4H2. The quantitative estimate of drug-likeness (QED) is 0.657. The molecule has 2 heteroatoms. The Morgan fingerprint density at radius 3 is 2.70 bits per heavy atom. The van der Waals surface area contributed by atoms with E-state index in [4.69, 9.17) is 0 Å². The summed E-state index contributed by atoms with van der Waals surface area (Å²) in [6.07, 6.45) is 3.07. The highest BCUT2D eigenvalue weighted by Crippen LogP contribution is 2.41. The maximum atomic E-state index is 9.78. The summed E-state index contributed by atoms with van der Waals surface area (Å²) < 4.78 is 0. The molecular formula is C8H10OS. The summed E-state index contributed by atoms with van der Waals surface area (Å²) in [5, 5.41) is 13.8. The first-order valence-corrected chi connectivity index (χ1v) is 4.51. The Morgan fingerprint density at radius 2 is 2.30 bits per heavy atom. The van der Waals surface area contributed by atoms with Crippen LogP contribution in [0.2, 0.25) is 0 Å². The molecule has 0 aromatic carbocycles. The van der Waals surface area contributed by atoms with E-state index in [9.17, 15) is 5.11 Å². The fourth-order valence-corrected chi connectivity index (χ4v) is 2.08. The lowest BCUT2D eigenvalue weighted by Crippen LogP contribution is -2.32. The minimum Gasteiger partial charge on any atom is -0.385 e. The molecular weight excluding hydrogens is 144 g/mol. The van der Waals surface area contributed by atoms with Crippen LogP contribution in [-0.4, -0.2) is 5.11 Å². The second kappa shape index (κ2) is 2.07. The molecule has 1 aliphatic carbocycles. The average Bonchev–Trinajstić information content (AvgIpc) is 2.33. The first-order valence-electron chi connectivity index (χ1n) is 3.56. The summed E-state index contributed by atoms with van der Waals surface area (Å²) in [5.74, 6) is 0. The van der Waals surface area contributed by atoms with Crippen LogP contribution in [0.1, 0.15) is 24.8 Å². The van der Waals surface area contributed by atoms with Gasteiger partial charge in [-0.2, -0.15) is 11.3 Å². The molecule has 0 radical (unpaired) electrons. The summed E-state index contributed by atoms with van der Waals surface area (Å²) in [7, 11) is 0. The molecule has 0 spiro atoms. The lowest BCUT2D eigenvalue weighted by atomic mass is 9.76. The van der Waals surface area contributed by atoms with Crippen LogP contribution in [0, 0.1) is 0 Å². The minimum atomic E-state index is -0.444. The Bertz CT molecular complexity index is 211. The van der Waals surface area contributed by atoms with Crippen LogP contribution in [-0.2, 0) is 5.60 Å². The zero-order valence-electron chi connectivity index (χ0n) is 5.71. The first-order chi connectivity index (χ1) is 4.81. The van der Waals surface area contributed by atoms with Gasteiger partial charge >= 0.3 is 0 Å². The fraction of sp³-hybridized carbons (Fsp3) is 0.500. The van der Waals surface area contributed by atoms with E-state index in [1.807, 2.05) is 16.8 Å². The van der Waals surface area contributed by atoms with E-state index >= 15 is 0 Å². The maximum absolute atomic E-state index is 9.78. The molecule has 0 saturated heterocycles. The largest absolute Gasteiger partial charge is 0.385 e. The molecule has 0 unspecified atom stereocenters. The summed E-state index contributed by atoms with van der Waals surface area (Å²) in [6, 6.07) is 2.02. The van der Waals surface area contributed by atoms with Crippen LogP contribution in [0.4, 0.5) is 0 Å². The predicted octanol–water partition coefficient (Wildman–Crippen LogP) is 2.12. The van der Waals surface area contributed by atoms with Gasteiger partial charge in [0, 0.05) is 0 Å². The lowest BCUT2D eigenvalue weighted by Gasteiger charge is -2.36. The highest BCUT2D eigenvalue weighted by atomic mass is 32.1. The summed E-state index contributed by atoms with van der Waals surface area (Å²) in [5.41, 5.74) is 0.670. The van der Waals surface area contributed by atoms with Crippen molar-refractivity contribution in [2.75, 3.05) is 0 Å². The molecule has 54 valence electrons. The molecule has 1 aromatic rings. The Kier molecular flexibility index (Phi) is 1.32. The van der Waals surface area contributed by atoms with Crippen LogP contribution < -0.4 is 0 Å². The summed E-state index contributed by atoms with van der Waals surface area (Å²) >= 11 is 1.66. The van der Waals surface area contributed by atoms with Gasteiger partial charge in [-0.15, -0.1) is 0 Å². The number of aliphatic hydroxyl groups is 1. The van der Waals surface area contributed by atoms with E-state index < -0.39 is 5.60 Å². The SMILES string of the molecule is OC1(c2ccsc2)CCC1. The summed E-state index contributed by atoms with van der Waals surface area (Å²) in [6.45, 7) is 0. The molecule has 1 aliphatic rings. The molecule has 0 amide bonds. The van der Waals surface area contributed by atoms with Crippen LogP contribution in [0.15, 0.2) is 16.8 Å². The number of thiophene rings is 1. The van der Waals surface area contributed by atoms with Crippen molar-refractivity contribution in [2.45, 2.75) is 24.9 Å². The topological polar surface area (TPSA) is 20.2 Å². The smallest absolute Gasteiger partial charge is 0.0904 e. The van der Waals surface area contributed by atoms with Crippen LogP contribution in [0.5, 0.6) is 0 Å². The molecule has 1 N–H and O–H groups in total. The molecule has 1 saturated carbocycles. The van der Waals surface area contributed by atoms with Crippen molar-refractivity contribution in [1.82, 2.24) is 0 Å². The number of hydrogen-bond acceptors (Lipinski definition) is 2. The van der Waals surface area contributed by atoms with Crippen LogP contribution in [0.25, 0.3) is 0 Å². The van der Waals surface area contributed by atoms with Gasteiger partial charge in [-0.1, -0.05) is 0 Å². The minimum absolute atomic E-state index is 0.444. The van der Waals surface area contributed by atoms with E-state index in [-0.39, 0.29) is 0 Å². The molecule has 0 bridgehead atoms. The van der Waals surface area contributed by atoms with Gasteiger partial charge in [0.2, 0.25) is 0 Å². The number of hydrogen-bond donors (Lipinski definition) is 1. The van der Waals surface area contributed by atoms with Crippen molar-refractivity contribution < 1.29 is 5.11 Å².